The van der Waals surface area contributed by atoms with Gasteiger partial charge in [0.1, 0.15) is 12.2 Å². The van der Waals surface area contributed by atoms with E-state index < -0.39 is 41.7 Å². The fourth-order valence-corrected chi connectivity index (χ4v) is 8.53. The van der Waals surface area contributed by atoms with E-state index in [4.69, 9.17) is 28.7 Å². The van der Waals surface area contributed by atoms with Gasteiger partial charge in [-0.05, 0) is 72.4 Å². The lowest BCUT2D eigenvalue weighted by molar-refractivity contribution is -0.297. The topological polar surface area (TPSA) is 119 Å². The molecule has 3 fully saturated rings. The van der Waals surface area contributed by atoms with Crippen molar-refractivity contribution < 1.29 is 38.4 Å². The Bertz CT molecular complexity index is 1070. The van der Waals surface area contributed by atoms with Crippen molar-refractivity contribution in [3.8, 4) is 0 Å². The number of likely N-dealkylation sites (N-methyl/N-ethyl adjacent to an activating group) is 1. The zero-order chi connectivity index (χ0) is 32.7. The minimum absolute atomic E-state index is 0.0261. The number of rotatable bonds is 5. The van der Waals surface area contributed by atoms with Crippen molar-refractivity contribution in [1.82, 2.24) is 9.80 Å². The number of nitrogens with zero attached hydrogens (tertiary/aromatic N) is 3. The molecule has 0 aliphatic carbocycles. The molecule has 13 atom stereocenters. The van der Waals surface area contributed by atoms with E-state index in [0.717, 1.165) is 5.71 Å². The van der Waals surface area contributed by atoms with Crippen LogP contribution in [-0.2, 0) is 28.5 Å². The number of carbonyl (C=O) groups excluding carboxylic acids is 2. The Hall–Kier alpha value is -1.79. The number of esters is 1. The van der Waals surface area contributed by atoms with Crippen molar-refractivity contribution in [2.24, 2.45) is 28.7 Å². The molecule has 0 radical (unpaired) electrons. The molecule has 0 saturated carbocycles. The summed E-state index contributed by atoms with van der Waals surface area (Å²) in [6.45, 7) is 17.0. The number of aliphatic hydroxyl groups is 1. The van der Waals surface area contributed by atoms with E-state index in [-0.39, 0.29) is 48.0 Å². The molecule has 0 aromatic rings. The molecule has 4 aliphatic heterocycles. The summed E-state index contributed by atoms with van der Waals surface area (Å²) in [6, 6.07) is -0.468. The predicted molar refractivity (Wildman–Crippen MR) is 166 cm³/mol. The van der Waals surface area contributed by atoms with Crippen molar-refractivity contribution in [2.45, 2.75) is 135 Å². The first-order valence-electron chi connectivity index (χ1n) is 16.5. The van der Waals surface area contributed by atoms with Crippen LogP contribution in [0.1, 0.15) is 81.1 Å². The van der Waals surface area contributed by atoms with Gasteiger partial charge < -0.3 is 33.7 Å². The molecule has 44 heavy (non-hydrogen) atoms. The van der Waals surface area contributed by atoms with Crippen molar-refractivity contribution in [3.05, 3.63) is 0 Å². The monoisotopic (exact) mass is 623 g/mol. The lowest BCUT2D eigenvalue weighted by Crippen LogP contribution is -2.59. The largest absolute Gasteiger partial charge is 0.458 e. The van der Waals surface area contributed by atoms with Crippen LogP contribution in [0.2, 0.25) is 0 Å². The van der Waals surface area contributed by atoms with E-state index >= 15 is 0 Å². The van der Waals surface area contributed by atoms with Crippen LogP contribution < -0.4 is 0 Å². The van der Waals surface area contributed by atoms with Crippen molar-refractivity contribution in [2.75, 3.05) is 34.3 Å². The Balaban J connectivity index is 1.76. The van der Waals surface area contributed by atoms with Crippen LogP contribution in [0, 0.1) is 23.7 Å². The van der Waals surface area contributed by atoms with E-state index in [1.165, 1.54) is 0 Å². The highest BCUT2D eigenvalue weighted by Crippen LogP contribution is 2.44. The maximum atomic E-state index is 13.7. The summed E-state index contributed by atoms with van der Waals surface area (Å²) in [4.78, 5) is 35.7. The van der Waals surface area contributed by atoms with E-state index in [2.05, 4.69) is 20.8 Å². The molecule has 4 rings (SSSR count). The van der Waals surface area contributed by atoms with Gasteiger partial charge in [-0.25, -0.2) is 4.79 Å². The summed E-state index contributed by atoms with van der Waals surface area (Å²) in [5, 5.41) is 11.4. The van der Waals surface area contributed by atoms with Crippen LogP contribution in [-0.4, -0.2) is 121 Å². The van der Waals surface area contributed by atoms with Crippen LogP contribution in [0.5, 0.6) is 0 Å². The van der Waals surface area contributed by atoms with E-state index in [0.29, 0.717) is 38.8 Å². The molecule has 0 aromatic carbocycles. The molecule has 11 heteroatoms. The highest BCUT2D eigenvalue weighted by molar-refractivity contribution is 5.91. The number of aliphatic imine (C=N–C) groups is 1. The molecule has 2 bridgehead atoms. The molecule has 252 valence electrons. The number of aliphatic hydroxyl groups excluding tert-OH is 1. The Kier molecular flexibility index (Phi) is 10.8. The molecule has 4 heterocycles. The number of cyclic esters (lactones) is 1. The first-order valence-corrected chi connectivity index (χ1v) is 16.5. The van der Waals surface area contributed by atoms with Gasteiger partial charge in [-0.15, -0.1) is 0 Å². The van der Waals surface area contributed by atoms with E-state index in [9.17, 15) is 14.7 Å². The lowest BCUT2D eigenvalue weighted by atomic mass is 9.73. The third-order valence-corrected chi connectivity index (χ3v) is 10.8. The highest BCUT2D eigenvalue weighted by Gasteiger charge is 2.60. The third kappa shape index (κ3) is 6.54. The molecule has 1 N–H and O–H groups in total. The zero-order valence-corrected chi connectivity index (χ0v) is 28.7. The zero-order valence-electron chi connectivity index (χ0n) is 28.7. The first-order chi connectivity index (χ1) is 20.6. The maximum absolute atomic E-state index is 13.7. The summed E-state index contributed by atoms with van der Waals surface area (Å²) in [6.07, 6.45) is -1.12. The summed E-state index contributed by atoms with van der Waals surface area (Å²) in [7, 11) is 5.59. The van der Waals surface area contributed by atoms with E-state index in [1.54, 1.807) is 12.0 Å². The fraction of sp³-hybridized carbons (Fsp3) is 0.909. The van der Waals surface area contributed by atoms with Crippen LogP contribution in [0.4, 0.5) is 4.79 Å². The third-order valence-electron chi connectivity index (χ3n) is 10.8. The van der Waals surface area contributed by atoms with Gasteiger partial charge >= 0.3 is 12.1 Å². The van der Waals surface area contributed by atoms with Crippen molar-refractivity contribution in [1.29, 1.82) is 0 Å². The highest BCUT2D eigenvalue weighted by atomic mass is 16.7. The lowest BCUT2D eigenvalue weighted by Gasteiger charge is -2.47. The Morgan fingerprint density at radius 2 is 1.77 bits per heavy atom. The molecule has 0 aromatic heterocycles. The number of hydrogen-bond acceptors (Lipinski definition) is 10. The average molecular weight is 624 g/mol. The van der Waals surface area contributed by atoms with Gasteiger partial charge in [-0.1, -0.05) is 34.6 Å². The van der Waals surface area contributed by atoms with Gasteiger partial charge in [-0.2, -0.15) is 0 Å². The molecular formula is C33H57N3O8. The number of methoxy groups -OCH3 is 1. The fourth-order valence-electron chi connectivity index (χ4n) is 8.53. The van der Waals surface area contributed by atoms with Crippen LogP contribution >= 0.6 is 0 Å². The molecule has 0 unspecified atom stereocenters. The number of hydrogen-bond donors (Lipinski definition) is 1. The second kappa shape index (κ2) is 13.5. The van der Waals surface area contributed by atoms with Gasteiger partial charge in [0, 0.05) is 31.3 Å². The Labute approximate surface area is 263 Å². The minimum Gasteiger partial charge on any atom is -0.458 e. The maximum Gasteiger partial charge on any atom is 0.410 e. The standard InChI is InChI=1S/C33H57N3O8/c1-12-24-33(8)27-22(6)25(34-13-14-36(27)31(39)44-33)20(4)17-32(7,40-11)28(18(2)15-19(3)29(38)42-24)43-30-26(37)23(35(9)10)16-21(5)41-30/h18-24,26-28,30,37H,12-17H2,1-11H3/t18-,19+,20+,21+,22-,23-,24+,26+,27+,28+,30-,32+,33+/m0/s1. The van der Waals surface area contributed by atoms with E-state index in [1.807, 2.05) is 53.6 Å². The Morgan fingerprint density at radius 1 is 1.09 bits per heavy atom. The van der Waals surface area contributed by atoms with Gasteiger partial charge in [0.15, 0.2) is 11.9 Å². The summed E-state index contributed by atoms with van der Waals surface area (Å²) in [5.74, 6) is -1.15. The van der Waals surface area contributed by atoms with Crippen molar-refractivity contribution in [3.63, 3.8) is 0 Å². The van der Waals surface area contributed by atoms with Crippen LogP contribution in [0.3, 0.4) is 0 Å². The molecule has 0 spiro atoms. The summed E-state index contributed by atoms with van der Waals surface area (Å²) in [5.41, 5.74) is -0.861. The summed E-state index contributed by atoms with van der Waals surface area (Å²) >= 11 is 0. The minimum atomic E-state index is -1.02. The number of carbonyl (C=O) groups is 2. The second-order valence-corrected chi connectivity index (χ2v) is 14.5. The normalized spacial score (nSPS) is 45.7. The molecular weight excluding hydrogens is 566 g/mol. The number of fused-ring (bicyclic) bond motifs is 1. The first kappa shape index (κ1) is 35.1. The molecule has 1 amide bonds. The quantitative estimate of drug-likeness (QED) is 0.455. The van der Waals surface area contributed by atoms with Crippen molar-refractivity contribution >= 4 is 17.8 Å². The van der Waals surface area contributed by atoms with Gasteiger partial charge in [-0.3, -0.25) is 14.7 Å². The number of amides is 1. The van der Waals surface area contributed by atoms with Gasteiger partial charge in [0.05, 0.1) is 36.3 Å². The predicted octanol–water partition coefficient (Wildman–Crippen LogP) is 3.90. The number of ether oxygens (including phenoxy) is 5. The Morgan fingerprint density at radius 3 is 2.39 bits per heavy atom. The SMILES string of the molecule is CC[C@H]1OC(=O)[C@H](C)C[C@H](C)[C@@H](O[C@@H]2O[C@H](C)C[C@H](N(C)C)[C@H]2O)[C@](C)(OC)C[C@@H](C)C2=NCCN3C(=O)O[C@@]1(C)[C@H]3[C@H]2C. The van der Waals surface area contributed by atoms with Gasteiger partial charge in [0.25, 0.3) is 0 Å². The van der Waals surface area contributed by atoms with Crippen LogP contribution in [0.15, 0.2) is 4.99 Å². The summed E-state index contributed by atoms with van der Waals surface area (Å²) < 4.78 is 31.6. The van der Waals surface area contributed by atoms with Crippen LogP contribution in [0.25, 0.3) is 0 Å². The molecule has 4 aliphatic rings. The van der Waals surface area contributed by atoms with Gasteiger partial charge in [0.2, 0.25) is 0 Å². The smallest absolute Gasteiger partial charge is 0.410 e. The molecule has 3 saturated heterocycles. The molecule has 11 nitrogen and oxygen atoms in total. The second-order valence-electron chi connectivity index (χ2n) is 14.5. The average Bonchev–Trinajstić information content (AvgIpc) is 3.08.